The second-order valence-electron chi connectivity index (χ2n) is 7.06. The number of imide groups is 1. The Labute approximate surface area is 174 Å². The number of ether oxygens (including phenoxy) is 1. The van der Waals surface area contributed by atoms with Crippen LogP contribution >= 0.6 is 0 Å². The fourth-order valence-corrected chi connectivity index (χ4v) is 3.70. The van der Waals surface area contributed by atoms with Crippen LogP contribution in [0.15, 0.2) is 78.9 Å². The number of amides is 2. The molecule has 0 saturated carbocycles. The van der Waals surface area contributed by atoms with Gasteiger partial charge in [0.2, 0.25) is 0 Å². The van der Waals surface area contributed by atoms with Gasteiger partial charge in [0.15, 0.2) is 0 Å². The molecule has 0 saturated heterocycles. The van der Waals surface area contributed by atoms with Crippen LogP contribution in [0.1, 0.15) is 33.2 Å². The Balaban J connectivity index is 1.62. The number of carbonyl (C=O) groups is 3. The van der Waals surface area contributed by atoms with Crippen molar-refractivity contribution in [2.45, 2.75) is 19.4 Å². The summed E-state index contributed by atoms with van der Waals surface area (Å²) >= 11 is 0. The molecule has 1 heterocycles. The molecule has 4 rings (SSSR count). The fraction of sp³-hybridized carbons (Fsp3) is 0.160. The van der Waals surface area contributed by atoms with Crippen LogP contribution in [0.25, 0.3) is 11.1 Å². The van der Waals surface area contributed by atoms with Crippen LogP contribution < -0.4 is 0 Å². The van der Waals surface area contributed by atoms with Gasteiger partial charge in [0.1, 0.15) is 6.04 Å². The van der Waals surface area contributed by atoms with Crippen molar-refractivity contribution in [1.82, 2.24) is 4.90 Å². The summed E-state index contributed by atoms with van der Waals surface area (Å²) in [5.41, 5.74) is 3.61. The zero-order valence-corrected chi connectivity index (χ0v) is 16.6. The lowest BCUT2D eigenvalue weighted by Crippen LogP contribution is -2.47. The summed E-state index contributed by atoms with van der Waals surface area (Å²) in [6, 6.07) is 23.3. The first-order valence-corrected chi connectivity index (χ1v) is 9.88. The van der Waals surface area contributed by atoms with E-state index in [4.69, 9.17) is 4.74 Å². The van der Waals surface area contributed by atoms with Gasteiger partial charge in [-0.3, -0.25) is 14.5 Å². The zero-order chi connectivity index (χ0) is 21.1. The lowest BCUT2D eigenvalue weighted by atomic mass is 10.00. The van der Waals surface area contributed by atoms with Gasteiger partial charge in [-0.05, 0) is 35.7 Å². The normalized spacial score (nSPS) is 13.8. The monoisotopic (exact) mass is 399 g/mol. The molecule has 2 amide bonds. The number of carbonyl (C=O) groups excluding carboxylic acids is 3. The Morgan fingerprint density at radius 1 is 0.800 bits per heavy atom. The van der Waals surface area contributed by atoms with Crippen LogP contribution in [0.4, 0.5) is 0 Å². The maximum Gasteiger partial charge on any atom is 0.329 e. The predicted molar refractivity (Wildman–Crippen MR) is 113 cm³/mol. The molecule has 5 nitrogen and oxygen atoms in total. The Kier molecular flexibility index (Phi) is 5.44. The van der Waals surface area contributed by atoms with Gasteiger partial charge in [0, 0.05) is 6.42 Å². The summed E-state index contributed by atoms with van der Waals surface area (Å²) in [5, 5.41) is 0. The van der Waals surface area contributed by atoms with Gasteiger partial charge in [-0.1, -0.05) is 66.7 Å². The van der Waals surface area contributed by atoms with E-state index in [1.54, 1.807) is 31.2 Å². The van der Waals surface area contributed by atoms with Crippen molar-refractivity contribution in [3.05, 3.63) is 95.6 Å². The number of esters is 1. The second kappa shape index (κ2) is 8.33. The van der Waals surface area contributed by atoms with Crippen molar-refractivity contribution in [1.29, 1.82) is 0 Å². The molecule has 0 radical (unpaired) electrons. The summed E-state index contributed by atoms with van der Waals surface area (Å²) in [5.74, 6) is -1.51. The molecule has 1 aliphatic rings. The first kappa shape index (κ1) is 19.6. The number of benzene rings is 3. The van der Waals surface area contributed by atoms with Crippen molar-refractivity contribution in [3.63, 3.8) is 0 Å². The summed E-state index contributed by atoms with van der Waals surface area (Å²) in [7, 11) is 0. The topological polar surface area (TPSA) is 63.7 Å². The summed E-state index contributed by atoms with van der Waals surface area (Å²) in [6.45, 7) is 1.87. The standard InChI is InChI=1S/C25H21NO4/c1-2-30-25(29)22(26-23(27)20-10-6-7-11-21(20)24(26)28)16-17-12-14-19(15-13-17)18-8-4-3-5-9-18/h3-15,22H,2,16H2,1H3. The third-order valence-corrected chi connectivity index (χ3v) is 5.19. The average molecular weight is 399 g/mol. The Morgan fingerprint density at radius 2 is 1.33 bits per heavy atom. The van der Waals surface area contributed by atoms with E-state index in [2.05, 4.69) is 0 Å². The molecule has 0 aromatic heterocycles. The van der Waals surface area contributed by atoms with E-state index >= 15 is 0 Å². The highest BCUT2D eigenvalue weighted by Gasteiger charge is 2.43. The average Bonchev–Trinajstić information content (AvgIpc) is 3.04. The minimum absolute atomic E-state index is 0.172. The van der Waals surface area contributed by atoms with Crippen molar-refractivity contribution >= 4 is 17.8 Å². The zero-order valence-electron chi connectivity index (χ0n) is 16.6. The van der Waals surface area contributed by atoms with Gasteiger partial charge in [-0.15, -0.1) is 0 Å². The smallest absolute Gasteiger partial charge is 0.329 e. The van der Waals surface area contributed by atoms with Gasteiger partial charge in [0.05, 0.1) is 17.7 Å². The molecule has 0 N–H and O–H groups in total. The molecule has 1 aliphatic heterocycles. The first-order valence-electron chi connectivity index (χ1n) is 9.88. The van der Waals surface area contributed by atoms with Gasteiger partial charge >= 0.3 is 5.97 Å². The van der Waals surface area contributed by atoms with Crippen molar-refractivity contribution < 1.29 is 19.1 Å². The molecule has 0 bridgehead atoms. The van der Waals surface area contributed by atoms with Crippen LogP contribution in [0.3, 0.4) is 0 Å². The van der Waals surface area contributed by atoms with E-state index in [-0.39, 0.29) is 13.0 Å². The molecule has 0 fully saturated rings. The molecule has 1 atom stereocenters. The quantitative estimate of drug-likeness (QED) is 0.462. The lowest BCUT2D eigenvalue weighted by molar-refractivity contribution is -0.147. The Bertz CT molecular complexity index is 1050. The lowest BCUT2D eigenvalue weighted by Gasteiger charge is -2.24. The highest BCUT2D eigenvalue weighted by Crippen LogP contribution is 2.27. The minimum Gasteiger partial charge on any atom is -0.464 e. The number of nitrogens with zero attached hydrogens (tertiary/aromatic N) is 1. The van der Waals surface area contributed by atoms with Gasteiger partial charge in [-0.2, -0.15) is 0 Å². The number of hydrogen-bond acceptors (Lipinski definition) is 4. The van der Waals surface area contributed by atoms with E-state index in [1.165, 1.54) is 0 Å². The van der Waals surface area contributed by atoms with Crippen LogP contribution in [0.5, 0.6) is 0 Å². The molecule has 150 valence electrons. The third-order valence-electron chi connectivity index (χ3n) is 5.19. The van der Waals surface area contributed by atoms with E-state index in [0.717, 1.165) is 21.6 Å². The van der Waals surface area contributed by atoms with E-state index < -0.39 is 23.8 Å². The number of rotatable bonds is 6. The van der Waals surface area contributed by atoms with Crippen molar-refractivity contribution in [2.24, 2.45) is 0 Å². The molecule has 1 unspecified atom stereocenters. The van der Waals surface area contributed by atoms with Crippen LogP contribution in [-0.4, -0.2) is 35.3 Å². The van der Waals surface area contributed by atoms with E-state index in [0.29, 0.717) is 11.1 Å². The predicted octanol–water partition coefficient (Wildman–Crippen LogP) is 4.12. The molecular formula is C25H21NO4. The van der Waals surface area contributed by atoms with Crippen LogP contribution in [0.2, 0.25) is 0 Å². The van der Waals surface area contributed by atoms with Crippen molar-refractivity contribution in [3.8, 4) is 11.1 Å². The Hall–Kier alpha value is -3.73. The largest absolute Gasteiger partial charge is 0.464 e. The molecule has 30 heavy (non-hydrogen) atoms. The molecular weight excluding hydrogens is 378 g/mol. The van der Waals surface area contributed by atoms with E-state index in [9.17, 15) is 14.4 Å². The van der Waals surface area contributed by atoms with Gasteiger partial charge in [-0.25, -0.2) is 4.79 Å². The third kappa shape index (κ3) is 3.62. The SMILES string of the molecule is CCOC(=O)C(Cc1ccc(-c2ccccc2)cc1)N1C(=O)c2ccccc2C1=O. The van der Waals surface area contributed by atoms with Crippen LogP contribution in [-0.2, 0) is 16.0 Å². The van der Waals surface area contributed by atoms with Gasteiger partial charge in [0.25, 0.3) is 11.8 Å². The molecule has 0 aliphatic carbocycles. The van der Waals surface area contributed by atoms with Crippen molar-refractivity contribution in [2.75, 3.05) is 6.61 Å². The molecule has 3 aromatic carbocycles. The maximum absolute atomic E-state index is 12.9. The highest BCUT2D eigenvalue weighted by atomic mass is 16.5. The fourth-order valence-electron chi connectivity index (χ4n) is 3.70. The minimum atomic E-state index is -1.01. The molecule has 5 heteroatoms. The number of hydrogen-bond donors (Lipinski definition) is 0. The van der Waals surface area contributed by atoms with Crippen LogP contribution in [0, 0.1) is 0 Å². The second-order valence-corrected chi connectivity index (χ2v) is 7.06. The molecule has 3 aromatic rings. The Morgan fingerprint density at radius 3 is 1.90 bits per heavy atom. The summed E-state index contributed by atoms with van der Waals surface area (Å²) in [4.78, 5) is 39.5. The highest BCUT2D eigenvalue weighted by molar-refractivity contribution is 6.22. The number of fused-ring (bicyclic) bond motifs is 1. The summed E-state index contributed by atoms with van der Waals surface area (Å²) in [6.07, 6.45) is 0.194. The summed E-state index contributed by atoms with van der Waals surface area (Å²) < 4.78 is 5.19. The maximum atomic E-state index is 12.9. The van der Waals surface area contributed by atoms with E-state index in [1.807, 2.05) is 54.6 Å². The van der Waals surface area contributed by atoms with Gasteiger partial charge < -0.3 is 4.74 Å². The molecule has 0 spiro atoms. The first-order chi connectivity index (χ1) is 14.6.